The Morgan fingerprint density at radius 1 is 1.11 bits per heavy atom. The largest absolute Gasteiger partial charge is 0.382 e. The molecular formula is C27H35FN8O. The van der Waals surface area contributed by atoms with Crippen LogP contribution in [0.4, 0.5) is 21.7 Å². The number of benzene rings is 1. The summed E-state index contributed by atoms with van der Waals surface area (Å²) in [6.45, 7) is 5.32. The summed E-state index contributed by atoms with van der Waals surface area (Å²) in [6.07, 6.45) is 4.14. The number of nitrogen functional groups attached to an aromatic ring is 1. The second kappa shape index (κ2) is 11.6. The van der Waals surface area contributed by atoms with Gasteiger partial charge in [-0.1, -0.05) is 31.2 Å². The number of carbonyl (C=O) groups is 1. The highest BCUT2D eigenvalue weighted by molar-refractivity contribution is 5.83. The number of likely N-dealkylation sites (N-methyl/N-ethyl adjacent to an activating group) is 1. The lowest BCUT2D eigenvalue weighted by molar-refractivity contribution is -0.109. The zero-order valence-electron chi connectivity index (χ0n) is 21.9. The second-order valence-electron chi connectivity index (χ2n) is 9.62. The van der Waals surface area contributed by atoms with Gasteiger partial charge in [-0.3, -0.25) is 9.88 Å². The van der Waals surface area contributed by atoms with Gasteiger partial charge < -0.3 is 25.2 Å². The van der Waals surface area contributed by atoms with E-state index in [0.29, 0.717) is 43.3 Å². The smallest absolute Gasteiger partial charge is 0.160 e. The lowest BCUT2D eigenvalue weighted by atomic mass is 10.1. The summed E-state index contributed by atoms with van der Waals surface area (Å²) in [5, 5.41) is 0. The van der Waals surface area contributed by atoms with Crippen LogP contribution >= 0.6 is 0 Å². The highest BCUT2D eigenvalue weighted by Crippen LogP contribution is 2.47. The lowest BCUT2D eigenvalue weighted by Gasteiger charge is -2.30. The fourth-order valence-corrected chi connectivity index (χ4v) is 4.67. The molecule has 0 fully saturated rings. The van der Waals surface area contributed by atoms with Gasteiger partial charge in [0, 0.05) is 51.4 Å². The fraction of sp³-hybridized carbons (Fsp3) is 0.407. The van der Waals surface area contributed by atoms with E-state index in [0.717, 1.165) is 42.0 Å². The van der Waals surface area contributed by atoms with E-state index in [9.17, 15) is 9.18 Å². The number of anilines is 3. The minimum atomic E-state index is -0.395. The third-order valence-corrected chi connectivity index (χ3v) is 6.54. The molecule has 3 heterocycles. The summed E-state index contributed by atoms with van der Waals surface area (Å²) in [7, 11) is 5.96. The number of hydrogen-bond acceptors (Lipinski definition) is 9. The number of aryl methyl sites for hydroxylation is 1. The summed E-state index contributed by atoms with van der Waals surface area (Å²) < 4.78 is 14.2. The van der Waals surface area contributed by atoms with Gasteiger partial charge >= 0.3 is 0 Å². The number of rotatable bonds is 11. The molecule has 2 N–H and O–H groups in total. The van der Waals surface area contributed by atoms with Gasteiger partial charge in [-0.2, -0.15) is 0 Å². The van der Waals surface area contributed by atoms with Crippen LogP contribution < -0.4 is 15.5 Å². The molecule has 1 aliphatic rings. The summed E-state index contributed by atoms with van der Waals surface area (Å²) in [4.78, 5) is 32.8. The summed E-state index contributed by atoms with van der Waals surface area (Å²) in [6, 6.07) is 9.85. The van der Waals surface area contributed by atoms with Crippen LogP contribution in [-0.4, -0.2) is 71.8 Å². The van der Waals surface area contributed by atoms with Crippen molar-refractivity contribution in [3.63, 3.8) is 0 Å². The molecule has 3 aromatic rings. The molecule has 1 aliphatic heterocycles. The number of nitrogens with zero attached hydrogens (tertiary/aromatic N) is 7. The predicted octanol–water partition coefficient (Wildman–Crippen LogP) is 2.87. The third kappa shape index (κ3) is 6.03. The van der Waals surface area contributed by atoms with Crippen molar-refractivity contribution in [2.75, 3.05) is 56.3 Å². The molecule has 0 bridgehead atoms. The van der Waals surface area contributed by atoms with Crippen molar-refractivity contribution in [3.05, 3.63) is 71.1 Å². The van der Waals surface area contributed by atoms with Crippen molar-refractivity contribution in [2.24, 2.45) is 0 Å². The zero-order valence-corrected chi connectivity index (χ0v) is 21.9. The van der Waals surface area contributed by atoms with Crippen LogP contribution in [0.15, 0.2) is 42.7 Å². The maximum Gasteiger partial charge on any atom is 0.160 e. The van der Waals surface area contributed by atoms with E-state index < -0.39 is 5.82 Å². The minimum Gasteiger partial charge on any atom is -0.382 e. The van der Waals surface area contributed by atoms with Crippen LogP contribution in [0.1, 0.15) is 35.6 Å². The highest BCUT2D eigenvalue weighted by atomic mass is 19.1. The molecule has 0 saturated carbocycles. The van der Waals surface area contributed by atoms with Crippen molar-refractivity contribution in [3.8, 4) is 0 Å². The second-order valence-corrected chi connectivity index (χ2v) is 9.62. The molecule has 0 amide bonds. The Bertz CT molecular complexity index is 1220. The number of carbonyl (C=O) groups excluding carboxylic acids is 1. The first-order valence-corrected chi connectivity index (χ1v) is 12.5. The lowest BCUT2D eigenvalue weighted by Crippen LogP contribution is -2.33. The first kappa shape index (κ1) is 26.4. The van der Waals surface area contributed by atoms with E-state index in [1.807, 2.05) is 33.0 Å². The van der Waals surface area contributed by atoms with Gasteiger partial charge in [-0.25, -0.2) is 14.4 Å². The van der Waals surface area contributed by atoms with Gasteiger partial charge in [0.15, 0.2) is 11.6 Å². The molecular weight excluding hydrogens is 471 g/mol. The van der Waals surface area contributed by atoms with E-state index in [-0.39, 0.29) is 6.17 Å². The van der Waals surface area contributed by atoms with E-state index in [2.05, 4.69) is 48.9 Å². The number of fused-ring (bicyclic) bond motifs is 1. The van der Waals surface area contributed by atoms with E-state index in [4.69, 9.17) is 10.7 Å². The number of aromatic nitrogens is 3. The monoisotopic (exact) mass is 506 g/mol. The van der Waals surface area contributed by atoms with Gasteiger partial charge in [0.2, 0.25) is 0 Å². The molecule has 37 heavy (non-hydrogen) atoms. The minimum absolute atomic E-state index is 0.337. The predicted molar refractivity (Wildman–Crippen MR) is 144 cm³/mol. The molecule has 0 aliphatic carbocycles. The topological polar surface area (TPSA) is 94.7 Å². The van der Waals surface area contributed by atoms with Crippen molar-refractivity contribution in [1.82, 2.24) is 24.8 Å². The van der Waals surface area contributed by atoms with E-state index in [1.54, 1.807) is 6.20 Å². The summed E-state index contributed by atoms with van der Waals surface area (Å²) in [5.74, 6) is 1.40. The summed E-state index contributed by atoms with van der Waals surface area (Å²) in [5.41, 5.74) is 10.0. The molecule has 1 aromatic carbocycles. The Labute approximate surface area is 217 Å². The van der Waals surface area contributed by atoms with Crippen LogP contribution in [0, 0.1) is 5.82 Å². The Kier molecular flexibility index (Phi) is 8.30. The number of halogens is 1. The maximum atomic E-state index is 14.2. The van der Waals surface area contributed by atoms with Crippen LogP contribution in [-0.2, 0) is 24.3 Å². The molecule has 1 unspecified atom stereocenters. The Balaban J connectivity index is 1.61. The molecule has 0 spiro atoms. The quantitative estimate of drug-likeness (QED) is 0.394. The third-order valence-electron chi connectivity index (χ3n) is 6.54. The van der Waals surface area contributed by atoms with Crippen LogP contribution in [0.25, 0.3) is 0 Å². The number of pyridine rings is 1. The van der Waals surface area contributed by atoms with Crippen molar-refractivity contribution in [1.29, 1.82) is 0 Å². The Hall–Kier alpha value is -3.63. The molecule has 9 nitrogen and oxygen atoms in total. The van der Waals surface area contributed by atoms with Gasteiger partial charge in [0.1, 0.15) is 29.8 Å². The molecule has 2 aromatic heterocycles. The average Bonchev–Trinajstić information content (AvgIpc) is 3.15. The van der Waals surface area contributed by atoms with Gasteiger partial charge in [-0.05, 0) is 31.3 Å². The number of hydrogen-bond donors (Lipinski definition) is 1. The Morgan fingerprint density at radius 3 is 2.49 bits per heavy atom. The van der Waals surface area contributed by atoms with Crippen LogP contribution in [0.3, 0.4) is 0 Å². The molecule has 1 atom stereocenters. The van der Waals surface area contributed by atoms with Gasteiger partial charge in [0.05, 0.1) is 12.7 Å². The first-order chi connectivity index (χ1) is 17.8. The summed E-state index contributed by atoms with van der Waals surface area (Å²) >= 11 is 0. The van der Waals surface area contributed by atoms with Gasteiger partial charge in [-0.15, -0.1) is 0 Å². The Morgan fingerprint density at radius 2 is 1.84 bits per heavy atom. The normalized spacial score (nSPS) is 15.1. The zero-order chi connectivity index (χ0) is 26.5. The van der Waals surface area contributed by atoms with E-state index in [1.165, 1.54) is 12.3 Å². The van der Waals surface area contributed by atoms with E-state index >= 15 is 0 Å². The van der Waals surface area contributed by atoms with Crippen LogP contribution in [0.2, 0.25) is 0 Å². The first-order valence-electron chi connectivity index (χ1n) is 12.5. The van der Waals surface area contributed by atoms with Crippen molar-refractivity contribution in [2.45, 2.75) is 32.6 Å². The standard InChI is InChI=1S/C27H35FN8O/c1-5-23-31-25(29)24-26(32-23)36(27(34(24)4)21-14-22(28)16-30-15-21)18-20-8-6-19(7-9-20)17-35(12-13-37)11-10-33(2)3/h6-9,13-16,27H,5,10-12,17-18H2,1-4H3,(H2,29,31,32). The fourth-order valence-electron chi connectivity index (χ4n) is 4.67. The molecule has 0 radical (unpaired) electrons. The highest BCUT2D eigenvalue weighted by Gasteiger charge is 2.38. The van der Waals surface area contributed by atoms with Crippen molar-refractivity contribution >= 4 is 23.6 Å². The van der Waals surface area contributed by atoms with Gasteiger partial charge in [0.25, 0.3) is 0 Å². The van der Waals surface area contributed by atoms with Crippen molar-refractivity contribution < 1.29 is 9.18 Å². The molecule has 4 rings (SSSR count). The molecule has 0 saturated heterocycles. The average molecular weight is 507 g/mol. The molecule has 10 heteroatoms. The van der Waals surface area contributed by atoms with Crippen LogP contribution in [0.5, 0.6) is 0 Å². The SMILES string of the molecule is CCc1nc(N)c2c(n1)N(Cc1ccc(CN(CC=O)CCN(C)C)cc1)C(c1cncc(F)c1)N2C. The number of aldehydes is 1. The molecule has 196 valence electrons. The maximum absolute atomic E-state index is 14.2. The number of nitrogens with two attached hydrogens (primary N) is 1.